The van der Waals surface area contributed by atoms with Gasteiger partial charge >= 0.3 is 0 Å². The van der Waals surface area contributed by atoms with Gasteiger partial charge in [-0.15, -0.1) is 0 Å². The third-order valence-corrected chi connectivity index (χ3v) is 13.4. The molecule has 240 valence electrons. The van der Waals surface area contributed by atoms with Gasteiger partial charge in [0, 0.05) is 48.9 Å². The van der Waals surface area contributed by atoms with Crippen LogP contribution in [-0.4, -0.2) is 69.2 Å². The summed E-state index contributed by atoms with van der Waals surface area (Å²) < 4.78 is 33.2. The van der Waals surface area contributed by atoms with Gasteiger partial charge in [0.25, 0.3) is 5.91 Å². The number of likely N-dealkylation sites (tertiary alicyclic amines) is 1. The van der Waals surface area contributed by atoms with Crippen molar-refractivity contribution < 1.29 is 22.7 Å². The Hall–Kier alpha value is -3.11. The summed E-state index contributed by atoms with van der Waals surface area (Å²) in [7, 11) is -2.00. The first-order chi connectivity index (χ1) is 21.8. The second-order valence-electron chi connectivity index (χ2n) is 14.5. The van der Waals surface area contributed by atoms with Gasteiger partial charge in [-0.1, -0.05) is 37.5 Å². The maximum absolute atomic E-state index is 14.3. The van der Waals surface area contributed by atoms with E-state index in [1.165, 1.54) is 30.4 Å². The van der Waals surface area contributed by atoms with Crippen LogP contribution in [0.2, 0.25) is 0 Å². The molecule has 0 aromatic heterocycles. The van der Waals surface area contributed by atoms with Gasteiger partial charge < -0.3 is 19.9 Å². The number of carbonyl (C=O) groups excluding carboxylic acids is 2. The number of methoxy groups -OCH3 is 1. The van der Waals surface area contributed by atoms with Crippen LogP contribution < -0.4 is 19.7 Å². The number of benzene rings is 2. The fourth-order valence-corrected chi connectivity index (χ4v) is 10.1. The molecule has 4 atom stereocenters. The standard InChI is InChI=1S/C35H44N4O5S/c1-44-27-10-7-23(8-11-27)32-31(22-5-3-2-4-6-22)29-14-9-24(33(40)37-45(42,43)28-12-13-28)17-30(29)39(32)21-35(15-16-35)34(41)38-20-25-18-26(38)19-36-25/h7-11,14,17,22,25-26,28,31-32,36H,2-6,12-13,15-16,18-21H2,1H3,(H,37,40)/t25-,26-,31?,32?/m0/s1. The molecule has 0 spiro atoms. The molecule has 2 aromatic rings. The topological polar surface area (TPSA) is 108 Å². The monoisotopic (exact) mass is 632 g/mol. The number of rotatable bonds is 9. The van der Waals surface area contributed by atoms with Crippen molar-refractivity contribution in [3.63, 3.8) is 0 Å². The number of piperazine rings is 1. The number of fused-ring (bicyclic) bond motifs is 3. The van der Waals surface area contributed by atoms with Crippen LogP contribution in [0.15, 0.2) is 42.5 Å². The highest BCUT2D eigenvalue weighted by Gasteiger charge is 2.58. The number of sulfonamides is 1. The number of ether oxygens (including phenoxy) is 1. The summed E-state index contributed by atoms with van der Waals surface area (Å²) in [5, 5.41) is 3.05. The Labute approximate surface area is 266 Å². The molecule has 2 unspecified atom stereocenters. The molecular weight excluding hydrogens is 588 g/mol. The molecule has 6 aliphatic rings. The Balaban J connectivity index is 1.19. The van der Waals surface area contributed by atoms with Gasteiger partial charge in [-0.25, -0.2) is 13.1 Å². The van der Waals surface area contributed by atoms with Crippen LogP contribution in [0.25, 0.3) is 0 Å². The molecule has 8 rings (SSSR count). The lowest BCUT2D eigenvalue weighted by Gasteiger charge is -2.39. The zero-order chi connectivity index (χ0) is 30.9. The first-order valence-corrected chi connectivity index (χ1v) is 18.5. The highest BCUT2D eigenvalue weighted by Crippen LogP contribution is 2.59. The first kappa shape index (κ1) is 29.3. The minimum atomic E-state index is -3.67. The van der Waals surface area contributed by atoms with Crippen molar-refractivity contribution in [3.05, 3.63) is 59.2 Å². The van der Waals surface area contributed by atoms with Gasteiger partial charge in [-0.05, 0) is 86.3 Å². The molecule has 3 saturated carbocycles. The third-order valence-electron chi connectivity index (χ3n) is 11.5. The molecule has 2 N–H and O–H groups in total. The fraction of sp³-hybridized carbons (Fsp3) is 0.600. The van der Waals surface area contributed by atoms with Crippen molar-refractivity contribution in [1.82, 2.24) is 14.9 Å². The SMILES string of the molecule is COc1ccc(C2C(C3CCCCC3)c3ccc(C(=O)NS(=O)(=O)C4CC4)cc3N2CC2(C(=O)N3C[C@@H]4C[C@H]3CN4)CC2)cc1. The van der Waals surface area contributed by atoms with Crippen LogP contribution in [0.3, 0.4) is 0 Å². The molecule has 3 aliphatic carbocycles. The highest BCUT2D eigenvalue weighted by atomic mass is 32.2. The summed E-state index contributed by atoms with van der Waals surface area (Å²) >= 11 is 0. The molecule has 3 aliphatic heterocycles. The van der Waals surface area contributed by atoms with Crippen molar-refractivity contribution in [2.75, 3.05) is 31.6 Å². The molecule has 3 heterocycles. The quantitative estimate of drug-likeness (QED) is 0.419. The van der Waals surface area contributed by atoms with Gasteiger partial charge in [-0.2, -0.15) is 0 Å². The Bertz CT molecular complexity index is 1600. The van der Waals surface area contributed by atoms with E-state index >= 15 is 0 Å². The van der Waals surface area contributed by atoms with E-state index in [0.717, 1.165) is 56.6 Å². The number of nitrogens with one attached hydrogen (secondary N) is 2. The minimum absolute atomic E-state index is 0.00415. The van der Waals surface area contributed by atoms with Crippen LogP contribution in [0.5, 0.6) is 5.75 Å². The smallest absolute Gasteiger partial charge is 0.264 e. The number of anilines is 1. The van der Waals surface area contributed by atoms with Crippen molar-refractivity contribution in [1.29, 1.82) is 0 Å². The molecular formula is C35H44N4O5S. The van der Waals surface area contributed by atoms with Gasteiger partial charge in [0.15, 0.2) is 0 Å². The Morgan fingerprint density at radius 2 is 1.78 bits per heavy atom. The molecule has 2 saturated heterocycles. The molecule has 45 heavy (non-hydrogen) atoms. The van der Waals surface area contributed by atoms with Crippen molar-refractivity contribution in [3.8, 4) is 5.75 Å². The van der Waals surface area contributed by atoms with E-state index in [4.69, 9.17) is 4.74 Å². The summed E-state index contributed by atoms with van der Waals surface area (Å²) in [5.74, 6) is 1.19. The van der Waals surface area contributed by atoms with Gasteiger partial charge in [0.05, 0.1) is 23.8 Å². The summed E-state index contributed by atoms with van der Waals surface area (Å²) in [6, 6.07) is 14.8. The number of amides is 2. The molecule has 9 nitrogen and oxygen atoms in total. The zero-order valence-corrected chi connectivity index (χ0v) is 26.9. The lowest BCUT2D eigenvalue weighted by Crippen LogP contribution is -2.51. The predicted octanol–water partition coefficient (Wildman–Crippen LogP) is 4.50. The van der Waals surface area contributed by atoms with E-state index in [2.05, 4.69) is 38.0 Å². The van der Waals surface area contributed by atoms with Gasteiger partial charge in [0.2, 0.25) is 15.9 Å². The predicted molar refractivity (Wildman–Crippen MR) is 172 cm³/mol. The Morgan fingerprint density at radius 3 is 2.40 bits per heavy atom. The second kappa shape index (κ2) is 11.0. The van der Waals surface area contributed by atoms with Crippen LogP contribution in [0, 0.1) is 11.3 Å². The summed E-state index contributed by atoms with van der Waals surface area (Å²) in [6.45, 7) is 2.25. The zero-order valence-electron chi connectivity index (χ0n) is 26.0. The van der Waals surface area contributed by atoms with Gasteiger partial charge in [0.1, 0.15) is 5.75 Å². The average molecular weight is 633 g/mol. The average Bonchev–Trinajstić information content (AvgIpc) is 3.96. The Kier molecular flexibility index (Phi) is 7.17. The van der Waals surface area contributed by atoms with Gasteiger partial charge in [-0.3, -0.25) is 9.59 Å². The number of nitrogens with zero attached hydrogens (tertiary/aromatic N) is 2. The number of hydrogen-bond acceptors (Lipinski definition) is 7. The van der Waals surface area contributed by atoms with Crippen molar-refractivity contribution >= 4 is 27.5 Å². The lowest BCUT2D eigenvalue weighted by molar-refractivity contribution is -0.138. The molecule has 2 bridgehead atoms. The second-order valence-corrected chi connectivity index (χ2v) is 16.4. The maximum Gasteiger partial charge on any atom is 0.264 e. The molecule has 0 radical (unpaired) electrons. The molecule has 2 amide bonds. The largest absolute Gasteiger partial charge is 0.497 e. The highest BCUT2D eigenvalue weighted by molar-refractivity contribution is 7.91. The summed E-state index contributed by atoms with van der Waals surface area (Å²) in [6.07, 6.45) is 9.93. The van der Waals surface area contributed by atoms with E-state index in [9.17, 15) is 18.0 Å². The normalized spacial score (nSPS) is 28.6. The minimum Gasteiger partial charge on any atom is -0.497 e. The van der Waals surface area contributed by atoms with Crippen LogP contribution in [0.4, 0.5) is 5.69 Å². The number of carbonyl (C=O) groups is 2. The van der Waals surface area contributed by atoms with Crippen molar-refractivity contribution in [2.45, 2.75) is 93.5 Å². The van der Waals surface area contributed by atoms with Crippen molar-refractivity contribution in [2.24, 2.45) is 11.3 Å². The maximum atomic E-state index is 14.3. The third kappa shape index (κ3) is 5.22. The van der Waals surface area contributed by atoms with E-state index in [1.807, 2.05) is 18.2 Å². The summed E-state index contributed by atoms with van der Waals surface area (Å²) in [4.78, 5) is 32.2. The van der Waals surface area contributed by atoms with E-state index in [-0.39, 0.29) is 23.9 Å². The fourth-order valence-electron chi connectivity index (χ4n) is 8.79. The molecule has 2 aromatic carbocycles. The first-order valence-electron chi connectivity index (χ1n) is 16.9. The van der Waals surface area contributed by atoms with E-state index in [0.29, 0.717) is 36.9 Å². The van der Waals surface area contributed by atoms with E-state index in [1.54, 1.807) is 13.2 Å². The Morgan fingerprint density at radius 1 is 1.02 bits per heavy atom. The number of hydrogen-bond donors (Lipinski definition) is 2. The molecule has 10 heteroatoms. The summed E-state index contributed by atoms with van der Waals surface area (Å²) in [5.41, 5.74) is 3.25. The van der Waals surface area contributed by atoms with E-state index < -0.39 is 26.6 Å². The molecule has 5 fully saturated rings. The van der Waals surface area contributed by atoms with Crippen LogP contribution >= 0.6 is 0 Å². The van der Waals surface area contributed by atoms with Crippen LogP contribution in [-0.2, 0) is 14.8 Å². The lowest BCUT2D eigenvalue weighted by atomic mass is 9.73. The van der Waals surface area contributed by atoms with Crippen LogP contribution in [0.1, 0.15) is 97.7 Å².